The second-order valence-corrected chi connectivity index (χ2v) is 4.42. The Morgan fingerprint density at radius 1 is 1.29 bits per heavy atom. The highest BCUT2D eigenvalue weighted by Crippen LogP contribution is 2.27. The third-order valence-corrected chi connectivity index (χ3v) is 3.38. The molecule has 90 valence electrons. The summed E-state index contributed by atoms with van der Waals surface area (Å²) >= 11 is 0. The number of nitrogens with one attached hydrogen (secondary N) is 1. The van der Waals surface area contributed by atoms with Crippen molar-refractivity contribution in [2.24, 2.45) is 0 Å². The van der Waals surface area contributed by atoms with Gasteiger partial charge in [-0.25, -0.2) is 0 Å². The molecule has 1 fully saturated rings. The summed E-state index contributed by atoms with van der Waals surface area (Å²) in [6.07, 6.45) is 1.01. The lowest BCUT2D eigenvalue weighted by Crippen LogP contribution is -2.40. The first-order valence-electron chi connectivity index (χ1n) is 6.09. The standard InChI is InChI=1S/C13H16N2O2/c16-13(15-6-8-17-9-7-15)11-3-1-2-10-4-5-14-12(10)11/h1-3,14H,4-9H2. The molecule has 3 rings (SSSR count). The fourth-order valence-corrected chi connectivity index (χ4v) is 2.45. The van der Waals surface area contributed by atoms with Crippen LogP contribution in [0.25, 0.3) is 0 Å². The fraction of sp³-hybridized carbons (Fsp3) is 0.462. The summed E-state index contributed by atoms with van der Waals surface area (Å²) in [5.74, 6) is 0.125. The van der Waals surface area contributed by atoms with Gasteiger partial charge in [0.15, 0.2) is 0 Å². The maximum Gasteiger partial charge on any atom is 0.256 e. The van der Waals surface area contributed by atoms with Crippen LogP contribution >= 0.6 is 0 Å². The lowest BCUT2D eigenvalue weighted by atomic mass is 10.1. The van der Waals surface area contributed by atoms with Gasteiger partial charge < -0.3 is 15.0 Å². The molecule has 1 aromatic rings. The molecule has 0 spiro atoms. The van der Waals surface area contributed by atoms with E-state index in [9.17, 15) is 4.79 Å². The van der Waals surface area contributed by atoms with E-state index in [4.69, 9.17) is 4.74 Å². The number of rotatable bonds is 1. The summed E-state index contributed by atoms with van der Waals surface area (Å²) in [6, 6.07) is 5.97. The predicted molar refractivity (Wildman–Crippen MR) is 65.4 cm³/mol. The van der Waals surface area contributed by atoms with Crippen molar-refractivity contribution in [2.45, 2.75) is 6.42 Å². The number of fused-ring (bicyclic) bond motifs is 1. The van der Waals surface area contributed by atoms with E-state index in [0.29, 0.717) is 26.3 Å². The van der Waals surface area contributed by atoms with E-state index >= 15 is 0 Å². The van der Waals surface area contributed by atoms with Crippen LogP contribution in [0.2, 0.25) is 0 Å². The van der Waals surface area contributed by atoms with Gasteiger partial charge in [-0.1, -0.05) is 12.1 Å². The normalized spacial score (nSPS) is 18.7. The smallest absolute Gasteiger partial charge is 0.256 e. The molecule has 0 aromatic heterocycles. The zero-order chi connectivity index (χ0) is 11.7. The zero-order valence-electron chi connectivity index (χ0n) is 9.74. The molecule has 0 atom stereocenters. The Morgan fingerprint density at radius 3 is 2.94 bits per heavy atom. The van der Waals surface area contributed by atoms with E-state index < -0.39 is 0 Å². The number of para-hydroxylation sites is 1. The van der Waals surface area contributed by atoms with Crippen LogP contribution in [0.15, 0.2) is 18.2 Å². The second-order valence-electron chi connectivity index (χ2n) is 4.42. The Hall–Kier alpha value is -1.55. The van der Waals surface area contributed by atoms with Gasteiger partial charge in [-0.2, -0.15) is 0 Å². The van der Waals surface area contributed by atoms with E-state index in [1.54, 1.807) is 0 Å². The summed E-state index contributed by atoms with van der Waals surface area (Å²) in [7, 11) is 0. The number of carbonyl (C=O) groups is 1. The van der Waals surface area contributed by atoms with E-state index in [0.717, 1.165) is 24.2 Å². The van der Waals surface area contributed by atoms with Gasteiger partial charge in [0.25, 0.3) is 5.91 Å². The van der Waals surface area contributed by atoms with Crippen molar-refractivity contribution < 1.29 is 9.53 Å². The molecule has 4 heteroatoms. The van der Waals surface area contributed by atoms with Gasteiger partial charge in [0.05, 0.1) is 24.5 Å². The van der Waals surface area contributed by atoms with E-state index in [2.05, 4.69) is 11.4 Å². The first-order valence-corrected chi connectivity index (χ1v) is 6.09. The summed E-state index contributed by atoms with van der Waals surface area (Å²) in [5, 5.41) is 3.31. The van der Waals surface area contributed by atoms with Gasteiger partial charge in [0.2, 0.25) is 0 Å². The van der Waals surface area contributed by atoms with Crippen LogP contribution in [-0.4, -0.2) is 43.7 Å². The third-order valence-electron chi connectivity index (χ3n) is 3.38. The first-order chi connectivity index (χ1) is 8.36. The minimum absolute atomic E-state index is 0.125. The molecule has 2 aliphatic heterocycles. The maximum atomic E-state index is 12.4. The fourth-order valence-electron chi connectivity index (χ4n) is 2.45. The number of carbonyl (C=O) groups excluding carboxylic acids is 1. The zero-order valence-corrected chi connectivity index (χ0v) is 9.74. The summed E-state index contributed by atoms with van der Waals surface area (Å²) in [5.41, 5.74) is 3.09. The topological polar surface area (TPSA) is 41.6 Å². The largest absolute Gasteiger partial charge is 0.384 e. The Balaban J connectivity index is 1.88. The van der Waals surface area contributed by atoms with Crippen LogP contribution in [0, 0.1) is 0 Å². The minimum Gasteiger partial charge on any atom is -0.384 e. The molecule has 1 amide bonds. The number of benzene rings is 1. The van der Waals surface area contributed by atoms with Crippen LogP contribution in [0.3, 0.4) is 0 Å². The average molecular weight is 232 g/mol. The Labute approximate surface area is 101 Å². The highest BCUT2D eigenvalue weighted by Gasteiger charge is 2.23. The number of amides is 1. The second kappa shape index (κ2) is 4.37. The number of nitrogens with zero attached hydrogens (tertiary/aromatic N) is 1. The van der Waals surface area contributed by atoms with Gasteiger partial charge in [-0.05, 0) is 18.1 Å². The van der Waals surface area contributed by atoms with Gasteiger partial charge >= 0.3 is 0 Å². The van der Waals surface area contributed by atoms with Crippen LogP contribution < -0.4 is 5.32 Å². The number of hydrogen-bond donors (Lipinski definition) is 1. The van der Waals surface area contributed by atoms with Crippen LogP contribution in [0.4, 0.5) is 5.69 Å². The molecular weight excluding hydrogens is 216 g/mol. The molecule has 0 aliphatic carbocycles. The van der Waals surface area contributed by atoms with E-state index in [-0.39, 0.29) is 5.91 Å². The van der Waals surface area contributed by atoms with Crippen molar-refractivity contribution in [1.82, 2.24) is 4.90 Å². The third kappa shape index (κ3) is 1.89. The maximum absolute atomic E-state index is 12.4. The van der Waals surface area contributed by atoms with Crippen LogP contribution in [-0.2, 0) is 11.2 Å². The molecule has 4 nitrogen and oxygen atoms in total. The average Bonchev–Trinajstić information content (AvgIpc) is 2.87. The van der Waals surface area contributed by atoms with Crippen molar-refractivity contribution >= 4 is 11.6 Å². The molecule has 1 aromatic carbocycles. The molecule has 0 bridgehead atoms. The Bertz CT molecular complexity index is 439. The SMILES string of the molecule is O=C(c1cccc2c1NCC2)N1CCOCC1. The van der Waals surface area contributed by atoms with E-state index in [1.165, 1.54) is 5.56 Å². The highest BCUT2D eigenvalue weighted by atomic mass is 16.5. The molecule has 0 saturated carbocycles. The number of anilines is 1. The molecular formula is C13H16N2O2. The highest BCUT2D eigenvalue weighted by molar-refractivity contribution is 6.00. The number of ether oxygens (including phenoxy) is 1. The van der Waals surface area contributed by atoms with Crippen molar-refractivity contribution in [3.63, 3.8) is 0 Å². The van der Waals surface area contributed by atoms with Gasteiger partial charge in [0, 0.05) is 19.6 Å². The molecule has 2 heterocycles. The number of hydrogen-bond acceptors (Lipinski definition) is 3. The number of morpholine rings is 1. The first kappa shape index (κ1) is 10.6. The molecule has 0 unspecified atom stereocenters. The lowest BCUT2D eigenvalue weighted by Gasteiger charge is -2.27. The van der Waals surface area contributed by atoms with Gasteiger partial charge in [0.1, 0.15) is 0 Å². The summed E-state index contributed by atoms with van der Waals surface area (Å²) in [4.78, 5) is 14.3. The lowest BCUT2D eigenvalue weighted by molar-refractivity contribution is 0.0303. The van der Waals surface area contributed by atoms with Crippen molar-refractivity contribution in [3.8, 4) is 0 Å². The minimum atomic E-state index is 0.125. The van der Waals surface area contributed by atoms with Crippen molar-refractivity contribution in [3.05, 3.63) is 29.3 Å². The van der Waals surface area contributed by atoms with Gasteiger partial charge in [-0.15, -0.1) is 0 Å². The van der Waals surface area contributed by atoms with Crippen molar-refractivity contribution in [1.29, 1.82) is 0 Å². The Kier molecular flexibility index (Phi) is 2.73. The molecule has 2 aliphatic rings. The van der Waals surface area contributed by atoms with E-state index in [1.807, 2.05) is 17.0 Å². The van der Waals surface area contributed by atoms with Crippen molar-refractivity contribution in [2.75, 3.05) is 38.2 Å². The molecule has 0 radical (unpaired) electrons. The molecule has 1 N–H and O–H groups in total. The van der Waals surface area contributed by atoms with Crippen LogP contribution in [0.5, 0.6) is 0 Å². The Morgan fingerprint density at radius 2 is 2.12 bits per heavy atom. The van der Waals surface area contributed by atoms with Gasteiger partial charge in [-0.3, -0.25) is 4.79 Å². The summed E-state index contributed by atoms with van der Waals surface area (Å²) < 4.78 is 5.27. The van der Waals surface area contributed by atoms with Crippen LogP contribution in [0.1, 0.15) is 15.9 Å². The monoisotopic (exact) mass is 232 g/mol. The quantitative estimate of drug-likeness (QED) is 0.789. The predicted octanol–water partition coefficient (Wildman–Crippen LogP) is 1.13. The molecule has 1 saturated heterocycles. The molecule has 17 heavy (non-hydrogen) atoms. The summed E-state index contributed by atoms with van der Waals surface area (Å²) in [6.45, 7) is 3.62.